The molecule has 0 radical (unpaired) electrons. The molecule has 0 saturated heterocycles. The van der Waals surface area contributed by atoms with Crippen LogP contribution in [0, 0.1) is 0 Å². The van der Waals surface area contributed by atoms with Crippen molar-refractivity contribution in [3.63, 3.8) is 0 Å². The smallest absolute Gasteiger partial charge is 0.407 e. The Balaban J connectivity index is 0.000000311. The molecule has 2 rings (SSSR count). The van der Waals surface area contributed by atoms with E-state index in [0.717, 1.165) is 12.8 Å². The van der Waals surface area contributed by atoms with Crippen LogP contribution in [0.3, 0.4) is 0 Å². The molecule has 6 heteroatoms. The van der Waals surface area contributed by atoms with Gasteiger partial charge in [0.25, 0.3) is 0 Å². The minimum Gasteiger partial charge on any atom is -0.444 e. The number of rotatable bonds is 7. The van der Waals surface area contributed by atoms with Crippen molar-refractivity contribution in [1.29, 1.82) is 0 Å². The van der Waals surface area contributed by atoms with Crippen molar-refractivity contribution in [1.82, 2.24) is 16.0 Å². The number of benzene rings is 2. The largest absolute Gasteiger partial charge is 0.444 e. The molecule has 0 aromatic heterocycles. The number of fused-ring (bicyclic) bond motifs is 1. The fraction of sp³-hybridized carbons (Fsp3) is 0.478. The van der Waals surface area contributed by atoms with Gasteiger partial charge in [-0.2, -0.15) is 0 Å². The van der Waals surface area contributed by atoms with Crippen LogP contribution in [0.2, 0.25) is 0 Å². The summed E-state index contributed by atoms with van der Waals surface area (Å²) in [5.74, 6) is 0.00536. The van der Waals surface area contributed by atoms with Crippen LogP contribution in [0.5, 0.6) is 0 Å². The van der Waals surface area contributed by atoms with Crippen molar-refractivity contribution in [3.05, 3.63) is 48.0 Å². The van der Waals surface area contributed by atoms with Gasteiger partial charge in [0.15, 0.2) is 0 Å². The highest BCUT2D eigenvalue weighted by atomic mass is 16.6. The van der Waals surface area contributed by atoms with Gasteiger partial charge in [-0.3, -0.25) is 4.79 Å². The first-order valence-corrected chi connectivity index (χ1v) is 10.1. The Hall–Kier alpha value is -2.60. The number of carbonyl (C=O) groups excluding carboxylic acids is 2. The molecule has 0 heterocycles. The van der Waals surface area contributed by atoms with Crippen LogP contribution >= 0.6 is 0 Å². The van der Waals surface area contributed by atoms with Crippen LogP contribution in [-0.4, -0.2) is 37.7 Å². The molecule has 0 bridgehead atoms. The first-order valence-electron chi connectivity index (χ1n) is 10.1. The number of likely N-dealkylation sites (N-methyl/N-ethyl adjacent to an activating group) is 1. The van der Waals surface area contributed by atoms with Crippen LogP contribution in [0.1, 0.15) is 46.1 Å². The Labute approximate surface area is 174 Å². The second-order valence-corrected chi connectivity index (χ2v) is 7.74. The highest BCUT2D eigenvalue weighted by Gasteiger charge is 2.15. The lowest BCUT2D eigenvalue weighted by atomic mass is 10.1. The van der Waals surface area contributed by atoms with Crippen molar-refractivity contribution in [2.75, 3.05) is 20.1 Å². The van der Waals surface area contributed by atoms with Gasteiger partial charge < -0.3 is 20.7 Å². The number of carbonyl (C=O) groups is 2. The van der Waals surface area contributed by atoms with Gasteiger partial charge in [-0.1, -0.05) is 49.7 Å². The van der Waals surface area contributed by atoms with Gasteiger partial charge in [-0.25, -0.2) is 4.79 Å². The zero-order chi connectivity index (χ0) is 21.7. The monoisotopic (exact) mass is 401 g/mol. The van der Waals surface area contributed by atoms with E-state index in [1.54, 1.807) is 7.05 Å². The van der Waals surface area contributed by atoms with E-state index in [1.807, 2.05) is 32.9 Å². The third kappa shape index (κ3) is 11.1. The van der Waals surface area contributed by atoms with Crippen molar-refractivity contribution < 1.29 is 14.3 Å². The summed E-state index contributed by atoms with van der Waals surface area (Å²) in [7, 11) is 1.64. The van der Waals surface area contributed by atoms with E-state index in [0.29, 0.717) is 19.6 Å². The first-order chi connectivity index (χ1) is 13.7. The number of alkyl carbamates (subject to hydrolysis) is 1. The number of hydrogen-bond acceptors (Lipinski definition) is 4. The summed E-state index contributed by atoms with van der Waals surface area (Å²) in [6.07, 6.45) is 1.76. The molecule has 0 atom stereocenters. The molecule has 3 N–H and O–H groups in total. The third-order valence-corrected chi connectivity index (χ3v) is 3.91. The maximum absolute atomic E-state index is 11.0. The molecular weight excluding hydrogens is 366 g/mol. The van der Waals surface area contributed by atoms with Gasteiger partial charge in [0.2, 0.25) is 5.91 Å². The number of unbranched alkanes of at least 4 members (excludes halogenated alkanes) is 1. The van der Waals surface area contributed by atoms with Crippen LogP contribution in [0.15, 0.2) is 42.5 Å². The zero-order valence-corrected chi connectivity index (χ0v) is 18.3. The zero-order valence-electron chi connectivity index (χ0n) is 18.3. The molecule has 0 unspecified atom stereocenters. The van der Waals surface area contributed by atoms with E-state index >= 15 is 0 Å². The number of ether oxygens (including phenoxy) is 1. The van der Waals surface area contributed by atoms with E-state index in [4.69, 9.17) is 4.74 Å². The fourth-order valence-electron chi connectivity index (χ4n) is 2.44. The van der Waals surface area contributed by atoms with Crippen LogP contribution in [0.25, 0.3) is 10.8 Å². The lowest BCUT2D eigenvalue weighted by Gasteiger charge is -2.19. The minimum atomic E-state index is -0.393. The highest BCUT2D eigenvalue weighted by molar-refractivity contribution is 5.83. The minimum absolute atomic E-state index is 0.00536. The number of nitrogens with one attached hydrogen (secondary N) is 3. The fourth-order valence-corrected chi connectivity index (χ4v) is 2.44. The molecule has 0 aliphatic carbocycles. The Morgan fingerprint density at radius 2 is 1.72 bits per heavy atom. The number of amides is 2. The van der Waals surface area contributed by atoms with E-state index in [9.17, 15) is 9.59 Å². The summed E-state index contributed by atoms with van der Waals surface area (Å²) in [6.45, 7) is 9.40. The first kappa shape index (κ1) is 24.4. The molecule has 2 aromatic rings. The van der Waals surface area contributed by atoms with E-state index in [-0.39, 0.29) is 12.0 Å². The van der Waals surface area contributed by atoms with Gasteiger partial charge in [0.05, 0.1) is 6.54 Å². The summed E-state index contributed by atoms with van der Waals surface area (Å²) in [4.78, 5) is 22.0. The standard InChI is InChI=1S/C14H16N2O.C9H19NO2/c1-15-14(17)10-16-9-11-6-7-12-4-2-3-5-13(12)8-11;1-5-6-7-10-8(11)12-9(2,3)4/h2-8,16H,9-10H2,1H3,(H,15,17);5-7H2,1-4H3,(H,10,11). The van der Waals surface area contributed by atoms with Crippen LogP contribution < -0.4 is 16.0 Å². The summed E-state index contributed by atoms with van der Waals surface area (Å²) in [5.41, 5.74) is 0.795. The second-order valence-electron chi connectivity index (χ2n) is 7.74. The highest BCUT2D eigenvalue weighted by Crippen LogP contribution is 2.15. The molecule has 0 saturated carbocycles. The lowest BCUT2D eigenvalue weighted by Crippen LogP contribution is -2.32. The molecule has 0 spiro atoms. The predicted octanol–water partition coefficient (Wildman–Crippen LogP) is 3.99. The van der Waals surface area contributed by atoms with E-state index < -0.39 is 5.60 Å². The van der Waals surface area contributed by atoms with Gasteiger partial charge in [0.1, 0.15) is 5.60 Å². The van der Waals surface area contributed by atoms with Crippen molar-refractivity contribution >= 4 is 22.8 Å². The van der Waals surface area contributed by atoms with Gasteiger partial charge in [-0.05, 0) is 49.6 Å². The van der Waals surface area contributed by atoms with E-state index in [2.05, 4.69) is 53.2 Å². The Morgan fingerprint density at radius 3 is 2.34 bits per heavy atom. The molecule has 160 valence electrons. The Morgan fingerprint density at radius 1 is 1.03 bits per heavy atom. The molecule has 6 nitrogen and oxygen atoms in total. The predicted molar refractivity (Wildman–Crippen MR) is 119 cm³/mol. The van der Waals surface area contributed by atoms with Gasteiger partial charge in [-0.15, -0.1) is 0 Å². The van der Waals surface area contributed by atoms with Crippen molar-refractivity contribution in [3.8, 4) is 0 Å². The quantitative estimate of drug-likeness (QED) is 0.613. The molecule has 0 aliphatic heterocycles. The molecule has 2 amide bonds. The second kappa shape index (κ2) is 12.8. The maximum atomic E-state index is 11.0. The van der Waals surface area contributed by atoms with Crippen LogP contribution in [0.4, 0.5) is 4.79 Å². The Kier molecular flexibility index (Phi) is 10.8. The summed E-state index contributed by atoms with van der Waals surface area (Å²) < 4.78 is 5.03. The van der Waals surface area contributed by atoms with Gasteiger partial charge >= 0.3 is 6.09 Å². The average Bonchev–Trinajstić information content (AvgIpc) is 2.67. The molecule has 29 heavy (non-hydrogen) atoms. The molecular formula is C23H35N3O3. The Bertz CT molecular complexity index is 769. The summed E-state index contributed by atoms with van der Waals surface area (Å²) in [6, 6.07) is 14.6. The number of hydrogen-bond donors (Lipinski definition) is 3. The molecule has 0 fully saturated rings. The van der Waals surface area contributed by atoms with Crippen LogP contribution in [-0.2, 0) is 16.1 Å². The molecule has 2 aromatic carbocycles. The van der Waals surface area contributed by atoms with Crippen molar-refractivity contribution in [2.45, 2.75) is 52.7 Å². The normalized spacial score (nSPS) is 10.7. The SMILES string of the molecule is CCCCNC(=O)OC(C)(C)C.CNC(=O)CNCc1ccc2ccccc2c1. The van der Waals surface area contributed by atoms with E-state index in [1.165, 1.54) is 16.3 Å². The average molecular weight is 402 g/mol. The maximum Gasteiger partial charge on any atom is 0.407 e. The van der Waals surface area contributed by atoms with Gasteiger partial charge in [0, 0.05) is 20.1 Å². The lowest BCUT2D eigenvalue weighted by molar-refractivity contribution is -0.119. The third-order valence-electron chi connectivity index (χ3n) is 3.91. The van der Waals surface area contributed by atoms with Crippen molar-refractivity contribution in [2.24, 2.45) is 0 Å². The molecule has 0 aliphatic rings. The topological polar surface area (TPSA) is 79.5 Å². The summed E-state index contributed by atoms with van der Waals surface area (Å²) >= 11 is 0. The summed E-state index contributed by atoms with van der Waals surface area (Å²) in [5, 5.41) is 10.8.